The van der Waals surface area contributed by atoms with Gasteiger partial charge in [-0.15, -0.1) is 13.2 Å². The molecule has 0 N–H and O–H groups in total. The van der Waals surface area contributed by atoms with Crippen LogP contribution in [0.25, 0.3) is 0 Å². The highest BCUT2D eigenvalue weighted by atomic mass is 19.4. The van der Waals surface area contributed by atoms with E-state index in [0.29, 0.717) is 19.3 Å². The Bertz CT molecular complexity index is 549. The van der Waals surface area contributed by atoms with Crippen molar-refractivity contribution in [2.75, 3.05) is 0 Å². The lowest BCUT2D eigenvalue weighted by Crippen LogP contribution is -2.22. The van der Waals surface area contributed by atoms with Crippen LogP contribution in [0.1, 0.15) is 64.4 Å². The van der Waals surface area contributed by atoms with Crippen molar-refractivity contribution in [2.24, 2.45) is 5.92 Å². The fourth-order valence-corrected chi connectivity index (χ4v) is 2.88. The molecule has 0 fully saturated rings. The Kier molecular flexibility index (Phi) is 9.38. The molecule has 0 saturated heterocycles. The molecule has 0 amide bonds. The smallest absolute Gasteiger partial charge is 0.406 e. The van der Waals surface area contributed by atoms with Gasteiger partial charge in [0.05, 0.1) is 5.92 Å². The van der Waals surface area contributed by atoms with Gasteiger partial charge >= 0.3 is 6.36 Å². The first kappa shape index (κ1) is 22.2. The number of ketones is 2. The zero-order valence-corrected chi connectivity index (χ0v) is 15.4. The van der Waals surface area contributed by atoms with E-state index in [0.717, 1.165) is 37.7 Å². The Morgan fingerprint density at radius 1 is 0.923 bits per heavy atom. The summed E-state index contributed by atoms with van der Waals surface area (Å²) in [5.74, 6) is -0.615. The van der Waals surface area contributed by atoms with Crippen LogP contribution in [-0.4, -0.2) is 17.9 Å². The average molecular weight is 372 g/mol. The number of aryl methyl sites for hydroxylation is 1. The molecule has 146 valence electrons. The van der Waals surface area contributed by atoms with Crippen LogP contribution in [0, 0.1) is 5.92 Å². The zero-order valence-electron chi connectivity index (χ0n) is 15.4. The van der Waals surface area contributed by atoms with Gasteiger partial charge in [0.15, 0.2) is 0 Å². The molecule has 0 radical (unpaired) electrons. The van der Waals surface area contributed by atoms with Crippen molar-refractivity contribution >= 4 is 11.6 Å². The Balaban J connectivity index is 2.28. The van der Waals surface area contributed by atoms with Gasteiger partial charge in [-0.05, 0) is 37.0 Å². The zero-order chi connectivity index (χ0) is 19.6. The maximum Gasteiger partial charge on any atom is 0.573 e. The molecule has 0 aliphatic carbocycles. The van der Waals surface area contributed by atoms with E-state index in [1.165, 1.54) is 12.1 Å². The number of hydrogen-bond acceptors (Lipinski definition) is 3. The maximum atomic E-state index is 12.1. The third kappa shape index (κ3) is 8.50. The molecular formula is C20H27F3O3. The van der Waals surface area contributed by atoms with Crippen molar-refractivity contribution < 1.29 is 27.5 Å². The van der Waals surface area contributed by atoms with Crippen LogP contribution >= 0.6 is 0 Å². The summed E-state index contributed by atoms with van der Waals surface area (Å²) in [6.07, 6.45) is 1.13. The molecule has 0 heterocycles. The molecule has 0 aromatic heterocycles. The SMILES string of the molecule is CCC(=O)C(CCCCCCc1ccc(OC(F)(F)F)cc1)C(=O)CC. The van der Waals surface area contributed by atoms with E-state index >= 15 is 0 Å². The van der Waals surface area contributed by atoms with E-state index < -0.39 is 12.3 Å². The second kappa shape index (κ2) is 11.0. The molecule has 26 heavy (non-hydrogen) atoms. The molecule has 0 bridgehead atoms. The number of carbonyl (C=O) groups excluding carboxylic acids is 2. The Morgan fingerprint density at radius 2 is 1.46 bits per heavy atom. The number of Topliss-reactive ketones (excluding diaryl/α,β-unsaturated/α-hetero) is 2. The summed E-state index contributed by atoms with van der Waals surface area (Å²) in [6.45, 7) is 3.56. The fourth-order valence-electron chi connectivity index (χ4n) is 2.88. The number of hydrogen-bond donors (Lipinski definition) is 0. The molecule has 1 aromatic rings. The first-order valence-electron chi connectivity index (χ1n) is 9.17. The van der Waals surface area contributed by atoms with Crippen molar-refractivity contribution in [1.82, 2.24) is 0 Å². The number of benzene rings is 1. The summed E-state index contributed by atoms with van der Waals surface area (Å²) < 4.78 is 40.1. The summed E-state index contributed by atoms with van der Waals surface area (Å²) in [7, 11) is 0. The maximum absolute atomic E-state index is 12.1. The predicted octanol–water partition coefficient (Wildman–Crippen LogP) is 5.65. The summed E-state index contributed by atoms with van der Waals surface area (Å²) in [5, 5.41) is 0. The van der Waals surface area contributed by atoms with Gasteiger partial charge in [-0.25, -0.2) is 0 Å². The third-order valence-electron chi connectivity index (χ3n) is 4.34. The van der Waals surface area contributed by atoms with E-state index in [1.807, 2.05) is 0 Å². The minimum atomic E-state index is -4.67. The van der Waals surface area contributed by atoms with Gasteiger partial charge < -0.3 is 4.74 Å². The van der Waals surface area contributed by atoms with E-state index in [1.54, 1.807) is 26.0 Å². The topological polar surface area (TPSA) is 43.4 Å². The van der Waals surface area contributed by atoms with Crippen LogP contribution in [-0.2, 0) is 16.0 Å². The summed E-state index contributed by atoms with van der Waals surface area (Å²) in [6, 6.07) is 5.91. The molecule has 0 aliphatic rings. The van der Waals surface area contributed by atoms with E-state index in [4.69, 9.17) is 0 Å². The van der Waals surface area contributed by atoms with E-state index in [-0.39, 0.29) is 17.3 Å². The lowest BCUT2D eigenvalue weighted by atomic mass is 9.90. The number of rotatable bonds is 12. The van der Waals surface area contributed by atoms with E-state index in [2.05, 4.69) is 4.74 Å². The second-order valence-corrected chi connectivity index (χ2v) is 6.34. The number of halogens is 3. The summed E-state index contributed by atoms with van der Waals surface area (Å²) >= 11 is 0. The number of ether oxygens (including phenoxy) is 1. The largest absolute Gasteiger partial charge is 0.573 e. The number of carbonyl (C=O) groups is 2. The van der Waals surface area contributed by atoms with Crippen molar-refractivity contribution in [3.05, 3.63) is 29.8 Å². The normalized spacial score (nSPS) is 11.6. The molecule has 0 spiro atoms. The van der Waals surface area contributed by atoms with Crippen LogP contribution in [0.15, 0.2) is 24.3 Å². The quantitative estimate of drug-likeness (QED) is 0.352. The molecule has 0 aliphatic heterocycles. The standard InChI is InChI=1S/C20H27F3O3/c1-3-18(24)17(19(25)4-2)10-8-6-5-7-9-15-11-13-16(14-12-15)26-20(21,22)23/h11-14,17H,3-10H2,1-2H3. The minimum Gasteiger partial charge on any atom is -0.406 e. The molecule has 1 aromatic carbocycles. The Hall–Kier alpha value is -1.85. The van der Waals surface area contributed by atoms with Crippen molar-refractivity contribution in [1.29, 1.82) is 0 Å². The molecule has 0 saturated carbocycles. The van der Waals surface area contributed by atoms with Crippen molar-refractivity contribution in [3.8, 4) is 5.75 Å². The van der Waals surface area contributed by atoms with E-state index in [9.17, 15) is 22.8 Å². The van der Waals surface area contributed by atoms with Gasteiger partial charge in [0.1, 0.15) is 17.3 Å². The lowest BCUT2D eigenvalue weighted by molar-refractivity contribution is -0.274. The van der Waals surface area contributed by atoms with Crippen LogP contribution in [0.3, 0.4) is 0 Å². The summed E-state index contributed by atoms with van der Waals surface area (Å²) in [5.41, 5.74) is 0.958. The fraction of sp³-hybridized carbons (Fsp3) is 0.600. The number of alkyl halides is 3. The van der Waals surface area contributed by atoms with Crippen LogP contribution in [0.5, 0.6) is 5.75 Å². The molecule has 0 unspecified atom stereocenters. The van der Waals surface area contributed by atoms with Crippen LogP contribution < -0.4 is 4.74 Å². The monoisotopic (exact) mass is 372 g/mol. The average Bonchev–Trinajstić information content (AvgIpc) is 2.60. The van der Waals surface area contributed by atoms with Crippen molar-refractivity contribution in [2.45, 2.75) is 71.6 Å². The molecule has 6 heteroatoms. The van der Waals surface area contributed by atoms with Gasteiger partial charge in [0.25, 0.3) is 0 Å². The number of unbranched alkanes of at least 4 members (excludes halogenated alkanes) is 3. The molecular weight excluding hydrogens is 345 g/mol. The van der Waals surface area contributed by atoms with Crippen molar-refractivity contribution in [3.63, 3.8) is 0 Å². The van der Waals surface area contributed by atoms with Crippen LogP contribution in [0.2, 0.25) is 0 Å². The molecule has 1 rings (SSSR count). The highest BCUT2D eigenvalue weighted by Crippen LogP contribution is 2.23. The Morgan fingerprint density at radius 3 is 1.96 bits per heavy atom. The van der Waals surface area contributed by atoms with Gasteiger partial charge in [0.2, 0.25) is 0 Å². The van der Waals surface area contributed by atoms with Gasteiger partial charge in [-0.1, -0.05) is 45.2 Å². The third-order valence-corrected chi connectivity index (χ3v) is 4.34. The molecule has 0 atom stereocenters. The minimum absolute atomic E-state index is 0.0259. The van der Waals surface area contributed by atoms with Gasteiger partial charge in [0, 0.05) is 12.8 Å². The van der Waals surface area contributed by atoms with Crippen LogP contribution in [0.4, 0.5) is 13.2 Å². The lowest BCUT2D eigenvalue weighted by Gasteiger charge is -2.12. The highest BCUT2D eigenvalue weighted by Gasteiger charge is 2.30. The second-order valence-electron chi connectivity index (χ2n) is 6.34. The summed E-state index contributed by atoms with van der Waals surface area (Å²) in [4.78, 5) is 23.7. The van der Waals surface area contributed by atoms with Gasteiger partial charge in [-0.2, -0.15) is 0 Å². The highest BCUT2D eigenvalue weighted by molar-refractivity contribution is 6.02. The predicted molar refractivity (Wildman–Crippen MR) is 94.0 cm³/mol. The Labute approximate surface area is 152 Å². The molecule has 3 nitrogen and oxygen atoms in total. The van der Waals surface area contributed by atoms with Gasteiger partial charge in [-0.3, -0.25) is 9.59 Å². The first-order chi connectivity index (χ1) is 12.3. The first-order valence-corrected chi connectivity index (χ1v) is 9.17.